The zero-order valence-electron chi connectivity index (χ0n) is 20.9. The van der Waals surface area contributed by atoms with Gasteiger partial charge in [0.25, 0.3) is 5.91 Å². The van der Waals surface area contributed by atoms with Gasteiger partial charge in [0.05, 0.1) is 36.3 Å². The van der Waals surface area contributed by atoms with E-state index in [1.807, 2.05) is 30.5 Å². The van der Waals surface area contributed by atoms with Gasteiger partial charge < -0.3 is 10.1 Å². The molecule has 0 spiro atoms. The summed E-state index contributed by atoms with van der Waals surface area (Å²) in [6, 6.07) is 9.38. The van der Waals surface area contributed by atoms with E-state index in [1.54, 1.807) is 24.3 Å². The number of ether oxygens (including phenoxy) is 1. The molecular weight excluding hydrogens is 483 g/mol. The van der Waals surface area contributed by atoms with Crippen LogP contribution >= 0.6 is 0 Å². The lowest BCUT2D eigenvalue weighted by Crippen LogP contribution is -2.39. The summed E-state index contributed by atoms with van der Waals surface area (Å²) in [4.78, 5) is 24.5. The average Bonchev–Trinajstić information content (AvgIpc) is 3.38. The minimum Gasteiger partial charge on any atom is -0.379 e. The van der Waals surface area contributed by atoms with Crippen molar-refractivity contribution in [1.29, 1.82) is 0 Å². The molecule has 0 radical (unpaired) electrons. The summed E-state index contributed by atoms with van der Waals surface area (Å²) in [7, 11) is 0. The SMILES string of the molecule is O=C(Nc1ccc(C2=CC=CCC2F)nc1)c1n[nH]c2ccc(C3=CC(CN4CCOCC4)CN=C3)cc12. The average molecular weight is 513 g/mol. The molecule has 4 heterocycles. The van der Waals surface area contributed by atoms with E-state index < -0.39 is 6.17 Å². The van der Waals surface area contributed by atoms with Crippen molar-refractivity contribution in [3.8, 4) is 0 Å². The number of amides is 1. The van der Waals surface area contributed by atoms with Crippen LogP contribution in [0.25, 0.3) is 22.0 Å². The fourth-order valence-electron chi connectivity index (χ4n) is 5.08. The van der Waals surface area contributed by atoms with Gasteiger partial charge in [0.1, 0.15) is 6.17 Å². The number of morpholine rings is 1. The van der Waals surface area contributed by atoms with Crippen molar-refractivity contribution in [3.63, 3.8) is 0 Å². The fourth-order valence-corrected chi connectivity index (χ4v) is 5.08. The maximum atomic E-state index is 14.2. The van der Waals surface area contributed by atoms with Crippen LogP contribution in [0.4, 0.5) is 10.1 Å². The lowest BCUT2D eigenvalue weighted by atomic mass is 9.96. The van der Waals surface area contributed by atoms with Gasteiger partial charge >= 0.3 is 0 Å². The number of alkyl halides is 1. The number of aliphatic imine (C=N–C) groups is 1. The number of allylic oxidation sites excluding steroid dienone is 5. The minimum atomic E-state index is -1.07. The van der Waals surface area contributed by atoms with Crippen molar-refractivity contribution >= 4 is 39.9 Å². The highest BCUT2D eigenvalue weighted by Crippen LogP contribution is 2.27. The molecule has 2 aliphatic heterocycles. The molecule has 2 unspecified atom stereocenters. The van der Waals surface area contributed by atoms with Gasteiger partial charge in [-0.05, 0) is 35.4 Å². The number of carbonyl (C=O) groups is 1. The van der Waals surface area contributed by atoms with Crippen molar-refractivity contribution in [2.24, 2.45) is 10.9 Å². The summed E-state index contributed by atoms with van der Waals surface area (Å²) in [6.45, 7) is 5.19. The van der Waals surface area contributed by atoms with E-state index in [0.717, 1.165) is 61.4 Å². The first-order chi connectivity index (χ1) is 18.6. The number of pyridine rings is 1. The van der Waals surface area contributed by atoms with Gasteiger partial charge in [0, 0.05) is 55.7 Å². The first kappa shape index (κ1) is 24.4. The van der Waals surface area contributed by atoms with Crippen LogP contribution in [-0.4, -0.2) is 77.8 Å². The molecule has 9 heteroatoms. The third-order valence-electron chi connectivity index (χ3n) is 7.10. The number of anilines is 1. The molecule has 2 N–H and O–H groups in total. The highest BCUT2D eigenvalue weighted by atomic mass is 19.1. The first-order valence-corrected chi connectivity index (χ1v) is 12.9. The van der Waals surface area contributed by atoms with Gasteiger partial charge in [0.15, 0.2) is 5.69 Å². The van der Waals surface area contributed by atoms with Crippen molar-refractivity contribution < 1.29 is 13.9 Å². The summed E-state index contributed by atoms with van der Waals surface area (Å²) >= 11 is 0. The second-order valence-corrected chi connectivity index (χ2v) is 9.76. The zero-order chi connectivity index (χ0) is 25.9. The van der Waals surface area contributed by atoms with Gasteiger partial charge in [-0.15, -0.1) is 0 Å². The van der Waals surface area contributed by atoms with E-state index in [1.165, 1.54) is 6.20 Å². The number of fused-ring (bicyclic) bond motifs is 1. The molecule has 2 atom stereocenters. The molecule has 194 valence electrons. The topological polar surface area (TPSA) is 95.5 Å². The maximum absolute atomic E-state index is 14.2. The number of hydrogen-bond acceptors (Lipinski definition) is 6. The van der Waals surface area contributed by atoms with Crippen LogP contribution in [0.15, 0.2) is 65.8 Å². The zero-order valence-corrected chi connectivity index (χ0v) is 20.9. The highest BCUT2D eigenvalue weighted by molar-refractivity contribution is 6.14. The number of carbonyl (C=O) groups excluding carboxylic acids is 1. The van der Waals surface area contributed by atoms with Gasteiger partial charge in [-0.3, -0.25) is 24.8 Å². The Bertz CT molecular complexity index is 1450. The number of rotatable bonds is 6. The summed E-state index contributed by atoms with van der Waals surface area (Å²) in [5.74, 6) is -0.0120. The highest BCUT2D eigenvalue weighted by Gasteiger charge is 2.20. The van der Waals surface area contributed by atoms with Crippen LogP contribution in [-0.2, 0) is 4.74 Å². The lowest BCUT2D eigenvalue weighted by molar-refractivity contribution is 0.0338. The third-order valence-corrected chi connectivity index (χ3v) is 7.10. The number of aromatic amines is 1. The van der Waals surface area contributed by atoms with Crippen LogP contribution in [0.1, 0.15) is 28.2 Å². The molecule has 0 saturated carbocycles. The summed E-state index contributed by atoms with van der Waals surface area (Å²) in [6.07, 6.45) is 10.4. The summed E-state index contributed by atoms with van der Waals surface area (Å²) in [5, 5.41) is 10.8. The third kappa shape index (κ3) is 5.20. The van der Waals surface area contributed by atoms with Crippen LogP contribution in [0.2, 0.25) is 0 Å². The number of nitrogens with zero attached hydrogens (tertiary/aromatic N) is 4. The number of hydrogen-bond donors (Lipinski definition) is 2. The number of aromatic nitrogens is 3. The Balaban J connectivity index is 1.18. The summed E-state index contributed by atoms with van der Waals surface area (Å²) in [5.41, 5.74) is 4.73. The number of H-pyrrole nitrogens is 1. The van der Waals surface area contributed by atoms with E-state index in [9.17, 15) is 9.18 Å². The molecule has 3 aliphatic rings. The Labute approximate surface area is 220 Å². The minimum absolute atomic E-state index is 0.299. The largest absolute Gasteiger partial charge is 0.379 e. The second kappa shape index (κ2) is 10.8. The number of halogens is 1. The molecule has 1 aliphatic carbocycles. The first-order valence-electron chi connectivity index (χ1n) is 12.9. The Morgan fingerprint density at radius 2 is 2.11 bits per heavy atom. The van der Waals surface area contributed by atoms with Gasteiger partial charge in [-0.2, -0.15) is 5.10 Å². The van der Waals surface area contributed by atoms with E-state index in [0.29, 0.717) is 35.0 Å². The van der Waals surface area contributed by atoms with Crippen molar-refractivity contribution in [2.75, 3.05) is 44.7 Å². The smallest absolute Gasteiger partial charge is 0.276 e. The van der Waals surface area contributed by atoms with Crippen molar-refractivity contribution in [1.82, 2.24) is 20.1 Å². The van der Waals surface area contributed by atoms with Gasteiger partial charge in [0.2, 0.25) is 0 Å². The van der Waals surface area contributed by atoms with Crippen molar-refractivity contribution in [2.45, 2.75) is 12.6 Å². The van der Waals surface area contributed by atoms with Crippen molar-refractivity contribution in [3.05, 3.63) is 77.8 Å². The van der Waals surface area contributed by atoms with E-state index in [4.69, 9.17) is 4.74 Å². The van der Waals surface area contributed by atoms with E-state index in [2.05, 4.69) is 36.5 Å². The Kier molecular flexibility index (Phi) is 6.94. The number of dihydropyridines is 1. The molecule has 3 aromatic rings. The normalized spacial score (nSPS) is 21.8. The molecule has 2 aromatic heterocycles. The molecule has 6 rings (SSSR count). The monoisotopic (exact) mass is 512 g/mol. The van der Waals surface area contributed by atoms with Gasteiger partial charge in [-0.25, -0.2) is 4.39 Å². The maximum Gasteiger partial charge on any atom is 0.276 e. The molecule has 1 aromatic carbocycles. The molecular formula is C29H29FN6O2. The Hall–Kier alpha value is -3.95. The Morgan fingerprint density at radius 3 is 2.92 bits per heavy atom. The molecule has 1 fully saturated rings. The van der Waals surface area contributed by atoms with Gasteiger partial charge in [-0.1, -0.05) is 30.4 Å². The van der Waals surface area contributed by atoms with Crippen LogP contribution in [0, 0.1) is 5.92 Å². The number of benzene rings is 1. The van der Waals surface area contributed by atoms with E-state index in [-0.39, 0.29) is 5.91 Å². The van der Waals surface area contributed by atoms with Crippen LogP contribution in [0.5, 0.6) is 0 Å². The molecule has 1 amide bonds. The van der Waals surface area contributed by atoms with E-state index >= 15 is 0 Å². The lowest BCUT2D eigenvalue weighted by Gasteiger charge is -2.29. The molecule has 0 bridgehead atoms. The quantitative estimate of drug-likeness (QED) is 0.513. The standard InChI is InChI=1S/C29H29FN6O2/c30-25-4-2-1-3-23(25)26-8-6-22(17-32-26)33-29(37)28-24-14-20(5-7-27(24)34-35-28)21-13-19(15-31-16-21)18-36-9-11-38-12-10-36/h1-3,5-8,13-14,16-17,19,25H,4,9-12,15,18H2,(H,33,37)(H,34,35). The molecule has 38 heavy (non-hydrogen) atoms. The fraction of sp³-hybridized carbons (Fsp3) is 0.310. The predicted octanol–water partition coefficient (Wildman–Crippen LogP) is 4.31. The predicted molar refractivity (Wildman–Crippen MR) is 147 cm³/mol. The second-order valence-electron chi connectivity index (χ2n) is 9.76. The Morgan fingerprint density at radius 1 is 1.21 bits per heavy atom. The number of nitrogens with one attached hydrogen (secondary N) is 2. The molecule has 8 nitrogen and oxygen atoms in total. The van der Waals surface area contributed by atoms with Crippen LogP contribution < -0.4 is 5.32 Å². The molecule has 1 saturated heterocycles. The van der Waals surface area contributed by atoms with Crippen LogP contribution in [0.3, 0.4) is 0 Å². The summed E-state index contributed by atoms with van der Waals surface area (Å²) < 4.78 is 19.7.